The Labute approximate surface area is 189 Å². The van der Waals surface area contributed by atoms with Crippen molar-refractivity contribution in [1.82, 2.24) is 4.98 Å². The quantitative estimate of drug-likeness (QED) is 0.302. The van der Waals surface area contributed by atoms with E-state index in [4.69, 9.17) is 18.0 Å². The summed E-state index contributed by atoms with van der Waals surface area (Å²) < 4.78 is 2.74. The van der Waals surface area contributed by atoms with E-state index < -0.39 is 0 Å². The van der Waals surface area contributed by atoms with Crippen LogP contribution in [0.3, 0.4) is 0 Å². The Balaban J connectivity index is 0.000000284. The Hall–Kier alpha value is -1.83. The smallest absolute Gasteiger partial charge is 0.159 e. The van der Waals surface area contributed by atoms with Crippen molar-refractivity contribution >= 4 is 67.0 Å². The number of hydrogen-bond donors (Lipinski definition) is 2. The molecule has 7 heteroatoms. The van der Waals surface area contributed by atoms with Gasteiger partial charge in [0.05, 0.1) is 10.2 Å². The number of fused-ring (bicyclic) bond motifs is 1. The normalized spacial score (nSPS) is 12.3. The SMILES string of the molecule is C.CC(=O)C(C)c1ccc(N)c(Br)c1.CC(=O)C(C)c1ccc2[nH]c(=S)sc2c1. The molecule has 29 heavy (non-hydrogen) atoms. The third kappa shape index (κ3) is 6.59. The molecule has 2 aromatic carbocycles. The van der Waals surface area contributed by atoms with E-state index in [1.165, 1.54) is 0 Å². The monoisotopic (exact) mass is 494 g/mol. The number of halogens is 1. The Kier molecular flexibility index (Phi) is 9.39. The lowest BCUT2D eigenvalue weighted by molar-refractivity contribution is -0.118. The maximum Gasteiger partial charge on any atom is 0.159 e. The van der Waals surface area contributed by atoms with E-state index in [1.54, 1.807) is 31.3 Å². The fraction of sp³-hybridized carbons (Fsp3) is 0.318. The molecule has 0 bridgehead atoms. The molecule has 1 heterocycles. The molecule has 0 aliphatic rings. The van der Waals surface area contributed by atoms with Crippen LogP contribution in [0, 0.1) is 3.95 Å². The minimum Gasteiger partial charge on any atom is -0.398 e. The zero-order chi connectivity index (χ0) is 21.0. The molecule has 2 unspecified atom stereocenters. The number of aromatic amines is 1. The van der Waals surface area contributed by atoms with E-state index in [1.807, 2.05) is 44.2 Å². The fourth-order valence-electron chi connectivity index (χ4n) is 2.51. The molecule has 0 saturated carbocycles. The number of nitrogens with two attached hydrogens (primary N) is 1. The maximum atomic E-state index is 11.3. The zero-order valence-electron chi connectivity index (χ0n) is 16.2. The predicted octanol–water partition coefficient (Wildman–Crippen LogP) is 7.01. The number of aromatic nitrogens is 1. The molecule has 0 radical (unpaired) electrons. The Morgan fingerprint density at radius 1 is 1.03 bits per heavy atom. The summed E-state index contributed by atoms with van der Waals surface area (Å²) >= 11 is 9.94. The van der Waals surface area contributed by atoms with Crippen molar-refractivity contribution in [3.8, 4) is 0 Å². The van der Waals surface area contributed by atoms with Crippen LogP contribution in [-0.4, -0.2) is 16.6 Å². The number of anilines is 1. The third-order valence-corrected chi connectivity index (χ3v) is 6.57. The molecule has 3 rings (SSSR count). The molecule has 3 N–H and O–H groups in total. The van der Waals surface area contributed by atoms with Gasteiger partial charge in [-0.15, -0.1) is 11.3 Å². The standard InChI is InChI=1S/C11H11NOS2.C10H12BrNO.CH4/c1-6(7(2)13)8-3-4-9-10(5-8)15-11(14)12-9;1-6(7(2)13)8-3-4-10(12)9(11)5-8;/h3-6H,1-2H3,(H,12,14);3-6H,12H2,1-2H3;1H4. The van der Waals surface area contributed by atoms with Gasteiger partial charge in [-0.05, 0) is 77.4 Å². The van der Waals surface area contributed by atoms with E-state index in [0.717, 1.165) is 29.8 Å². The van der Waals surface area contributed by atoms with Gasteiger partial charge in [0.1, 0.15) is 11.6 Å². The predicted molar refractivity (Wildman–Crippen MR) is 130 cm³/mol. The van der Waals surface area contributed by atoms with Gasteiger partial charge in [0.15, 0.2) is 3.95 Å². The van der Waals surface area contributed by atoms with Crippen LogP contribution >= 0.6 is 39.5 Å². The van der Waals surface area contributed by atoms with Crippen LogP contribution in [0.15, 0.2) is 40.9 Å². The lowest BCUT2D eigenvalue weighted by atomic mass is 9.98. The Morgan fingerprint density at radius 3 is 2.07 bits per heavy atom. The number of ketones is 2. The molecule has 0 aliphatic carbocycles. The average molecular weight is 496 g/mol. The van der Waals surface area contributed by atoms with E-state index in [0.29, 0.717) is 5.69 Å². The van der Waals surface area contributed by atoms with E-state index in [2.05, 4.69) is 20.9 Å². The van der Waals surface area contributed by atoms with E-state index in [9.17, 15) is 9.59 Å². The molecular formula is C22H27BrN2O2S2. The van der Waals surface area contributed by atoms with Gasteiger partial charge in [-0.25, -0.2) is 0 Å². The first-order chi connectivity index (χ1) is 13.1. The summed E-state index contributed by atoms with van der Waals surface area (Å²) in [5.41, 5.74) is 9.42. The van der Waals surface area contributed by atoms with Gasteiger partial charge in [0, 0.05) is 22.0 Å². The van der Waals surface area contributed by atoms with Crippen molar-refractivity contribution < 1.29 is 9.59 Å². The first-order valence-corrected chi connectivity index (χ1v) is 10.8. The van der Waals surface area contributed by atoms with Crippen LogP contribution in [0.2, 0.25) is 0 Å². The second kappa shape index (κ2) is 10.8. The maximum absolute atomic E-state index is 11.3. The number of carbonyl (C=O) groups is 2. The number of nitrogen functional groups attached to an aromatic ring is 1. The molecule has 1 aromatic heterocycles. The van der Waals surface area contributed by atoms with Crippen molar-refractivity contribution in [3.05, 3.63) is 56.0 Å². The highest BCUT2D eigenvalue weighted by Gasteiger charge is 2.12. The largest absolute Gasteiger partial charge is 0.398 e. The van der Waals surface area contributed by atoms with Gasteiger partial charge < -0.3 is 10.7 Å². The second-order valence-electron chi connectivity index (χ2n) is 6.72. The number of rotatable bonds is 4. The third-order valence-electron chi connectivity index (χ3n) is 4.69. The van der Waals surface area contributed by atoms with E-state index >= 15 is 0 Å². The summed E-state index contributed by atoms with van der Waals surface area (Å²) in [6.45, 7) is 7.03. The molecule has 0 saturated heterocycles. The molecule has 2 atom stereocenters. The fourth-order valence-corrected chi connectivity index (χ4v) is 4.07. The minimum atomic E-state index is -0.0584. The number of Topliss-reactive ketones (excluding diaryl/α,β-unsaturated/α-hetero) is 2. The van der Waals surface area contributed by atoms with Crippen LogP contribution < -0.4 is 5.73 Å². The molecule has 0 spiro atoms. The number of nitrogens with one attached hydrogen (secondary N) is 1. The van der Waals surface area contributed by atoms with Gasteiger partial charge in [-0.3, -0.25) is 9.59 Å². The second-order valence-corrected chi connectivity index (χ2v) is 9.29. The highest BCUT2D eigenvalue weighted by atomic mass is 79.9. The summed E-state index contributed by atoms with van der Waals surface area (Å²) in [6.07, 6.45) is 0. The molecule has 0 fully saturated rings. The minimum absolute atomic E-state index is 0. The summed E-state index contributed by atoms with van der Waals surface area (Å²) in [7, 11) is 0. The summed E-state index contributed by atoms with van der Waals surface area (Å²) in [5, 5.41) is 0. The van der Waals surface area contributed by atoms with Crippen LogP contribution in [0.4, 0.5) is 5.69 Å². The first-order valence-electron chi connectivity index (χ1n) is 8.78. The van der Waals surface area contributed by atoms with Crippen LogP contribution in [0.25, 0.3) is 10.2 Å². The van der Waals surface area contributed by atoms with Crippen LogP contribution in [0.5, 0.6) is 0 Å². The topological polar surface area (TPSA) is 76.0 Å². The Morgan fingerprint density at radius 2 is 1.55 bits per heavy atom. The number of thiazole rings is 1. The number of hydrogen-bond acceptors (Lipinski definition) is 5. The van der Waals surface area contributed by atoms with Gasteiger partial charge in [-0.2, -0.15) is 0 Å². The zero-order valence-corrected chi connectivity index (χ0v) is 19.4. The number of H-pyrrole nitrogens is 1. The average Bonchev–Trinajstić information content (AvgIpc) is 3.02. The van der Waals surface area contributed by atoms with E-state index in [-0.39, 0.29) is 30.8 Å². The van der Waals surface area contributed by atoms with Gasteiger partial charge in [0.2, 0.25) is 0 Å². The van der Waals surface area contributed by atoms with Crippen LogP contribution in [0.1, 0.15) is 58.1 Å². The summed E-state index contributed by atoms with van der Waals surface area (Å²) in [5.74, 6) is 0.257. The van der Waals surface area contributed by atoms with Crippen molar-refractivity contribution in [3.63, 3.8) is 0 Å². The highest BCUT2D eigenvalue weighted by molar-refractivity contribution is 9.10. The van der Waals surface area contributed by atoms with Gasteiger partial charge in [-0.1, -0.05) is 33.4 Å². The summed E-state index contributed by atoms with van der Waals surface area (Å²) in [6, 6.07) is 11.6. The first kappa shape index (κ1) is 25.2. The number of carbonyl (C=O) groups excluding carboxylic acids is 2. The Bertz CT molecular complexity index is 1070. The highest BCUT2D eigenvalue weighted by Crippen LogP contribution is 2.26. The van der Waals surface area contributed by atoms with Crippen molar-refractivity contribution in [2.75, 3.05) is 5.73 Å². The van der Waals surface area contributed by atoms with Crippen molar-refractivity contribution in [2.24, 2.45) is 0 Å². The molecule has 3 aromatic rings. The van der Waals surface area contributed by atoms with Gasteiger partial charge in [0.25, 0.3) is 0 Å². The lowest BCUT2D eigenvalue weighted by Crippen LogP contribution is -2.04. The van der Waals surface area contributed by atoms with Crippen molar-refractivity contribution in [1.29, 1.82) is 0 Å². The lowest BCUT2D eigenvalue weighted by Gasteiger charge is -2.09. The number of benzene rings is 2. The van der Waals surface area contributed by atoms with Crippen LogP contribution in [-0.2, 0) is 9.59 Å². The van der Waals surface area contributed by atoms with Gasteiger partial charge >= 0.3 is 0 Å². The molecule has 156 valence electrons. The molecule has 0 amide bonds. The molecule has 4 nitrogen and oxygen atoms in total. The molecular weight excluding hydrogens is 468 g/mol. The summed E-state index contributed by atoms with van der Waals surface area (Å²) in [4.78, 5) is 25.5. The van der Waals surface area contributed by atoms with Crippen molar-refractivity contribution in [2.45, 2.75) is 47.0 Å². The molecule has 0 aliphatic heterocycles.